The van der Waals surface area contributed by atoms with E-state index < -0.39 is 0 Å². The molecule has 0 radical (unpaired) electrons. The predicted molar refractivity (Wildman–Crippen MR) is 101 cm³/mol. The summed E-state index contributed by atoms with van der Waals surface area (Å²) in [5.74, 6) is 1.18. The van der Waals surface area contributed by atoms with E-state index in [1.807, 2.05) is 29.2 Å². The number of nitrogens with one attached hydrogen (secondary N) is 1. The molecule has 142 valence electrons. The summed E-state index contributed by atoms with van der Waals surface area (Å²) in [6, 6.07) is 7.47. The zero-order valence-corrected chi connectivity index (χ0v) is 15.7. The SMILES string of the molecule is CCNCC1CCN(C(=O)C2CC(=O)N(c3ccccc3OC)C2)CC1. The van der Waals surface area contributed by atoms with E-state index in [4.69, 9.17) is 4.74 Å². The summed E-state index contributed by atoms with van der Waals surface area (Å²) < 4.78 is 5.37. The number of anilines is 1. The van der Waals surface area contributed by atoms with Crippen molar-refractivity contribution in [1.29, 1.82) is 0 Å². The number of benzene rings is 1. The number of carbonyl (C=O) groups is 2. The molecule has 6 nitrogen and oxygen atoms in total. The topological polar surface area (TPSA) is 61.9 Å². The molecule has 2 heterocycles. The maximum Gasteiger partial charge on any atom is 0.228 e. The summed E-state index contributed by atoms with van der Waals surface area (Å²) in [5.41, 5.74) is 0.750. The molecule has 0 saturated carbocycles. The van der Waals surface area contributed by atoms with E-state index in [1.54, 1.807) is 12.0 Å². The van der Waals surface area contributed by atoms with Crippen LogP contribution in [0.4, 0.5) is 5.69 Å². The van der Waals surface area contributed by atoms with Crippen molar-refractivity contribution in [2.45, 2.75) is 26.2 Å². The molecule has 2 aliphatic heterocycles. The third kappa shape index (κ3) is 4.01. The number of rotatable bonds is 6. The van der Waals surface area contributed by atoms with Gasteiger partial charge in [-0.25, -0.2) is 0 Å². The molecule has 1 aromatic rings. The van der Waals surface area contributed by atoms with Crippen molar-refractivity contribution < 1.29 is 14.3 Å². The maximum absolute atomic E-state index is 12.9. The van der Waals surface area contributed by atoms with Gasteiger partial charge in [0.05, 0.1) is 18.7 Å². The van der Waals surface area contributed by atoms with Gasteiger partial charge in [0.1, 0.15) is 5.75 Å². The number of hydrogen-bond acceptors (Lipinski definition) is 4. The summed E-state index contributed by atoms with van der Waals surface area (Å²) in [5, 5.41) is 3.39. The first kappa shape index (κ1) is 18.7. The average Bonchev–Trinajstić information content (AvgIpc) is 3.07. The molecule has 0 aromatic heterocycles. The van der Waals surface area contributed by atoms with Crippen molar-refractivity contribution in [3.63, 3.8) is 0 Å². The zero-order chi connectivity index (χ0) is 18.5. The van der Waals surface area contributed by atoms with Gasteiger partial charge in [-0.3, -0.25) is 9.59 Å². The molecule has 2 saturated heterocycles. The summed E-state index contributed by atoms with van der Waals surface area (Å²) in [4.78, 5) is 29.0. The molecule has 0 aliphatic carbocycles. The largest absolute Gasteiger partial charge is 0.495 e. The Balaban J connectivity index is 1.59. The first-order valence-electron chi connectivity index (χ1n) is 9.57. The van der Waals surface area contributed by atoms with Crippen LogP contribution in [0, 0.1) is 11.8 Å². The lowest BCUT2D eigenvalue weighted by Crippen LogP contribution is -2.44. The lowest BCUT2D eigenvalue weighted by Gasteiger charge is -2.33. The van der Waals surface area contributed by atoms with Crippen LogP contribution in [-0.4, -0.2) is 56.5 Å². The van der Waals surface area contributed by atoms with Crippen LogP contribution in [0.25, 0.3) is 0 Å². The number of methoxy groups -OCH3 is 1. The molecule has 0 bridgehead atoms. The number of piperidine rings is 1. The number of hydrogen-bond donors (Lipinski definition) is 1. The summed E-state index contributed by atoms with van der Waals surface area (Å²) in [6.45, 7) is 6.17. The molecule has 1 unspecified atom stereocenters. The van der Waals surface area contributed by atoms with E-state index in [0.29, 0.717) is 18.2 Å². The molecule has 26 heavy (non-hydrogen) atoms. The van der Waals surface area contributed by atoms with Gasteiger partial charge in [-0.2, -0.15) is 0 Å². The van der Waals surface area contributed by atoms with Gasteiger partial charge in [-0.05, 0) is 44.0 Å². The van der Waals surface area contributed by atoms with Crippen LogP contribution in [-0.2, 0) is 9.59 Å². The minimum Gasteiger partial charge on any atom is -0.495 e. The van der Waals surface area contributed by atoms with Gasteiger partial charge in [0.2, 0.25) is 11.8 Å². The molecular weight excluding hydrogens is 330 g/mol. The van der Waals surface area contributed by atoms with E-state index in [-0.39, 0.29) is 24.2 Å². The minimum absolute atomic E-state index is 0.00474. The van der Waals surface area contributed by atoms with Crippen LogP contribution in [0.1, 0.15) is 26.2 Å². The molecular formula is C20H29N3O3. The molecule has 2 fully saturated rings. The highest BCUT2D eigenvalue weighted by molar-refractivity contribution is 6.01. The number of carbonyl (C=O) groups excluding carboxylic acids is 2. The molecule has 3 rings (SSSR count). The maximum atomic E-state index is 12.9. The highest BCUT2D eigenvalue weighted by Gasteiger charge is 2.38. The highest BCUT2D eigenvalue weighted by Crippen LogP contribution is 2.33. The van der Waals surface area contributed by atoms with Gasteiger partial charge < -0.3 is 19.9 Å². The van der Waals surface area contributed by atoms with Crippen LogP contribution in [0.15, 0.2) is 24.3 Å². The Morgan fingerprint density at radius 2 is 2.00 bits per heavy atom. The zero-order valence-electron chi connectivity index (χ0n) is 15.7. The lowest BCUT2D eigenvalue weighted by atomic mass is 9.95. The van der Waals surface area contributed by atoms with E-state index in [1.165, 1.54) is 0 Å². The summed E-state index contributed by atoms with van der Waals surface area (Å²) in [6.07, 6.45) is 2.36. The van der Waals surface area contributed by atoms with Crippen LogP contribution in [0.3, 0.4) is 0 Å². The van der Waals surface area contributed by atoms with E-state index in [0.717, 1.165) is 44.7 Å². The van der Waals surface area contributed by atoms with Gasteiger partial charge in [0.15, 0.2) is 0 Å². The molecule has 0 spiro atoms. The molecule has 1 N–H and O–H groups in total. The van der Waals surface area contributed by atoms with Crippen LogP contribution < -0.4 is 15.0 Å². The van der Waals surface area contributed by atoms with Crippen LogP contribution in [0.5, 0.6) is 5.75 Å². The van der Waals surface area contributed by atoms with E-state index in [9.17, 15) is 9.59 Å². The smallest absolute Gasteiger partial charge is 0.228 e. The Kier molecular flexibility index (Phi) is 6.14. The second-order valence-corrected chi connectivity index (χ2v) is 7.15. The fraction of sp³-hybridized carbons (Fsp3) is 0.600. The van der Waals surface area contributed by atoms with Crippen molar-refractivity contribution in [2.75, 3.05) is 44.7 Å². The van der Waals surface area contributed by atoms with Crippen molar-refractivity contribution in [1.82, 2.24) is 10.2 Å². The fourth-order valence-electron chi connectivity index (χ4n) is 3.92. The normalized spacial score (nSPS) is 21.3. The first-order valence-corrected chi connectivity index (χ1v) is 9.57. The summed E-state index contributed by atoms with van der Waals surface area (Å²) in [7, 11) is 1.60. The Labute approximate surface area is 155 Å². The first-order chi connectivity index (χ1) is 12.6. The molecule has 1 atom stereocenters. The van der Waals surface area contributed by atoms with Gasteiger partial charge in [-0.1, -0.05) is 19.1 Å². The highest BCUT2D eigenvalue weighted by atomic mass is 16.5. The predicted octanol–water partition coefficient (Wildman–Crippen LogP) is 1.90. The van der Waals surface area contributed by atoms with Crippen LogP contribution >= 0.6 is 0 Å². The van der Waals surface area contributed by atoms with E-state index in [2.05, 4.69) is 12.2 Å². The van der Waals surface area contributed by atoms with E-state index >= 15 is 0 Å². The molecule has 2 aliphatic rings. The third-order valence-electron chi connectivity index (χ3n) is 5.46. The number of likely N-dealkylation sites (tertiary alicyclic amines) is 1. The van der Waals surface area contributed by atoms with Gasteiger partial charge >= 0.3 is 0 Å². The van der Waals surface area contributed by atoms with Crippen molar-refractivity contribution >= 4 is 17.5 Å². The van der Waals surface area contributed by atoms with Gasteiger partial charge in [-0.15, -0.1) is 0 Å². The monoisotopic (exact) mass is 359 g/mol. The minimum atomic E-state index is -0.252. The Hall–Kier alpha value is -2.08. The third-order valence-corrected chi connectivity index (χ3v) is 5.46. The lowest BCUT2D eigenvalue weighted by molar-refractivity contribution is -0.137. The molecule has 2 amide bonds. The standard InChI is InChI=1S/C20H29N3O3/c1-3-21-13-15-8-10-22(11-9-15)20(25)16-12-19(24)23(14-16)17-6-4-5-7-18(17)26-2/h4-7,15-16,21H,3,8-14H2,1-2H3. The van der Waals surface area contributed by atoms with Crippen molar-refractivity contribution in [3.8, 4) is 5.75 Å². The Morgan fingerprint density at radius 1 is 1.27 bits per heavy atom. The number of amides is 2. The van der Waals surface area contributed by atoms with Crippen LogP contribution in [0.2, 0.25) is 0 Å². The summed E-state index contributed by atoms with van der Waals surface area (Å²) >= 11 is 0. The van der Waals surface area contributed by atoms with Gasteiger partial charge in [0, 0.05) is 26.1 Å². The molecule has 6 heteroatoms. The number of nitrogens with zero attached hydrogens (tertiary/aromatic N) is 2. The quantitative estimate of drug-likeness (QED) is 0.843. The number of para-hydroxylation sites is 2. The average molecular weight is 359 g/mol. The van der Waals surface area contributed by atoms with Crippen molar-refractivity contribution in [3.05, 3.63) is 24.3 Å². The fourth-order valence-corrected chi connectivity index (χ4v) is 3.92. The van der Waals surface area contributed by atoms with Crippen molar-refractivity contribution in [2.24, 2.45) is 11.8 Å². The Bertz CT molecular complexity index is 641. The Morgan fingerprint density at radius 3 is 2.69 bits per heavy atom. The second-order valence-electron chi connectivity index (χ2n) is 7.15. The number of ether oxygens (including phenoxy) is 1. The van der Waals surface area contributed by atoms with Gasteiger partial charge in [0.25, 0.3) is 0 Å². The molecule has 1 aromatic carbocycles. The second kappa shape index (κ2) is 8.54.